The van der Waals surface area contributed by atoms with E-state index in [1.807, 2.05) is 24.3 Å². The Labute approximate surface area is 140 Å². The van der Waals surface area contributed by atoms with Gasteiger partial charge in [-0.05, 0) is 51.3 Å². The Kier molecular flexibility index (Phi) is 3.94. The minimum absolute atomic E-state index is 0.279. The molecule has 0 atom stereocenters. The maximum Gasteiger partial charge on any atom is 0.264 e. The molecule has 0 aliphatic carbocycles. The van der Waals surface area contributed by atoms with E-state index in [9.17, 15) is 8.42 Å². The van der Waals surface area contributed by atoms with E-state index < -0.39 is 10.0 Å². The van der Waals surface area contributed by atoms with Crippen LogP contribution < -0.4 is 0 Å². The van der Waals surface area contributed by atoms with Crippen molar-refractivity contribution in [3.63, 3.8) is 0 Å². The second-order valence-electron chi connectivity index (χ2n) is 4.64. The monoisotopic (exact) mass is 427 g/mol. The number of nitrogens with zero attached hydrogens (tertiary/aromatic N) is 1. The molecule has 0 spiro atoms. The summed E-state index contributed by atoms with van der Waals surface area (Å²) in [6.45, 7) is 0.337. The Bertz CT molecular complexity index is 814. The molecule has 2 aromatic rings. The highest BCUT2D eigenvalue weighted by Gasteiger charge is 2.26. The van der Waals surface area contributed by atoms with Crippen LogP contribution in [-0.2, 0) is 16.6 Å². The lowest BCUT2D eigenvalue weighted by atomic mass is 10.1. The highest BCUT2D eigenvalue weighted by atomic mass is 79.9. The third kappa shape index (κ3) is 2.80. The van der Waals surface area contributed by atoms with Crippen molar-refractivity contribution in [3.8, 4) is 0 Å². The topological polar surface area (TPSA) is 37.4 Å². The van der Waals surface area contributed by atoms with Crippen LogP contribution in [0.2, 0.25) is 0 Å². The molecule has 0 unspecified atom stereocenters. The van der Waals surface area contributed by atoms with Crippen molar-refractivity contribution in [1.82, 2.24) is 4.31 Å². The van der Waals surface area contributed by atoms with E-state index in [1.54, 1.807) is 30.5 Å². The van der Waals surface area contributed by atoms with Crippen molar-refractivity contribution >= 4 is 46.4 Å². The van der Waals surface area contributed by atoms with Gasteiger partial charge in [0.2, 0.25) is 0 Å². The molecule has 0 N–H and O–H groups in total. The average Bonchev–Trinajstić information content (AvgIpc) is 2.47. The molecule has 1 aliphatic rings. The molecule has 0 saturated carbocycles. The van der Waals surface area contributed by atoms with Gasteiger partial charge in [0.1, 0.15) is 0 Å². The first-order valence-electron chi connectivity index (χ1n) is 6.21. The standard InChI is InChI=1S/C15H11Br2NO2S/c16-12-5-7-13(8-6-12)21(19,20)18-9-11-3-1-2-4-14(11)15(17)10-18/h1-8,10H,9H2. The molecule has 0 amide bonds. The molecule has 108 valence electrons. The van der Waals surface area contributed by atoms with Crippen LogP contribution in [-0.4, -0.2) is 12.7 Å². The van der Waals surface area contributed by atoms with E-state index in [-0.39, 0.29) is 4.90 Å². The lowest BCUT2D eigenvalue weighted by Gasteiger charge is -2.26. The molecule has 1 heterocycles. The van der Waals surface area contributed by atoms with Crippen molar-refractivity contribution in [2.75, 3.05) is 0 Å². The van der Waals surface area contributed by atoms with Gasteiger partial charge < -0.3 is 0 Å². The third-order valence-electron chi connectivity index (χ3n) is 3.28. The minimum Gasteiger partial charge on any atom is -0.268 e. The Balaban J connectivity index is 2.02. The molecule has 6 heteroatoms. The van der Waals surface area contributed by atoms with Gasteiger partial charge in [-0.1, -0.05) is 40.2 Å². The third-order valence-corrected chi connectivity index (χ3v) is 6.16. The Morgan fingerprint density at radius 1 is 0.952 bits per heavy atom. The zero-order chi connectivity index (χ0) is 15.0. The molecule has 0 saturated heterocycles. The molecule has 0 radical (unpaired) electrons. The first-order chi connectivity index (χ1) is 9.98. The summed E-state index contributed by atoms with van der Waals surface area (Å²) in [5, 5.41) is 0. The highest BCUT2D eigenvalue weighted by molar-refractivity contribution is 9.15. The molecule has 0 fully saturated rings. The zero-order valence-electron chi connectivity index (χ0n) is 10.8. The van der Waals surface area contributed by atoms with Crippen molar-refractivity contribution in [2.24, 2.45) is 0 Å². The predicted molar refractivity (Wildman–Crippen MR) is 90.2 cm³/mol. The van der Waals surface area contributed by atoms with Gasteiger partial charge in [0.05, 0.1) is 11.4 Å². The summed E-state index contributed by atoms with van der Waals surface area (Å²) in [5.74, 6) is 0. The summed E-state index contributed by atoms with van der Waals surface area (Å²) in [6, 6.07) is 14.4. The predicted octanol–water partition coefficient (Wildman–Crippen LogP) is 4.35. The molecular weight excluding hydrogens is 418 g/mol. The highest BCUT2D eigenvalue weighted by Crippen LogP contribution is 2.33. The molecule has 0 aromatic heterocycles. The van der Waals surface area contributed by atoms with Crippen LogP contribution in [0.5, 0.6) is 0 Å². The van der Waals surface area contributed by atoms with Gasteiger partial charge in [0.15, 0.2) is 0 Å². The van der Waals surface area contributed by atoms with E-state index in [2.05, 4.69) is 31.9 Å². The quantitative estimate of drug-likeness (QED) is 0.713. The number of hydrogen-bond donors (Lipinski definition) is 0. The summed E-state index contributed by atoms with van der Waals surface area (Å²) in [6.07, 6.45) is 1.62. The first-order valence-corrected chi connectivity index (χ1v) is 9.24. The van der Waals surface area contributed by atoms with Gasteiger partial charge in [-0.25, -0.2) is 8.42 Å². The van der Waals surface area contributed by atoms with Gasteiger partial charge in [-0.15, -0.1) is 0 Å². The van der Waals surface area contributed by atoms with Gasteiger partial charge in [-0.2, -0.15) is 0 Å². The summed E-state index contributed by atoms with van der Waals surface area (Å²) in [4.78, 5) is 0.279. The SMILES string of the molecule is O=S(=O)(c1ccc(Br)cc1)N1C=C(Br)c2ccccc2C1. The number of rotatable bonds is 2. The Hall–Kier alpha value is -1.11. The second kappa shape index (κ2) is 5.59. The van der Waals surface area contributed by atoms with Gasteiger partial charge in [-0.3, -0.25) is 4.31 Å². The molecule has 2 aromatic carbocycles. The summed E-state index contributed by atoms with van der Waals surface area (Å²) < 4.78 is 28.4. The summed E-state index contributed by atoms with van der Waals surface area (Å²) in [7, 11) is -3.55. The maximum absolute atomic E-state index is 12.7. The van der Waals surface area contributed by atoms with Crippen molar-refractivity contribution in [1.29, 1.82) is 0 Å². The first kappa shape index (κ1) is 14.8. The van der Waals surface area contributed by atoms with Crippen LogP contribution in [0.1, 0.15) is 11.1 Å². The van der Waals surface area contributed by atoms with Crippen molar-refractivity contribution < 1.29 is 8.42 Å². The molecule has 1 aliphatic heterocycles. The number of hydrogen-bond acceptors (Lipinski definition) is 2. The number of fused-ring (bicyclic) bond motifs is 1. The van der Waals surface area contributed by atoms with Gasteiger partial charge in [0, 0.05) is 15.2 Å². The Morgan fingerprint density at radius 3 is 2.33 bits per heavy atom. The van der Waals surface area contributed by atoms with Crippen LogP contribution in [0.25, 0.3) is 4.48 Å². The second-order valence-corrected chi connectivity index (χ2v) is 8.30. The molecule has 3 rings (SSSR count). The van der Waals surface area contributed by atoms with E-state index in [0.717, 1.165) is 20.1 Å². The fourth-order valence-electron chi connectivity index (χ4n) is 2.20. The maximum atomic E-state index is 12.7. The molecular formula is C15H11Br2NO2S. The van der Waals surface area contributed by atoms with E-state index in [1.165, 1.54) is 4.31 Å². The minimum atomic E-state index is -3.55. The summed E-state index contributed by atoms with van der Waals surface area (Å²) >= 11 is 6.76. The van der Waals surface area contributed by atoms with E-state index in [0.29, 0.717) is 6.54 Å². The van der Waals surface area contributed by atoms with Gasteiger partial charge in [0.25, 0.3) is 10.0 Å². The number of halogens is 2. The van der Waals surface area contributed by atoms with E-state index >= 15 is 0 Å². The van der Waals surface area contributed by atoms with Crippen LogP contribution in [0.4, 0.5) is 0 Å². The molecule has 3 nitrogen and oxygen atoms in total. The lowest BCUT2D eigenvalue weighted by Crippen LogP contribution is -2.28. The van der Waals surface area contributed by atoms with Crippen molar-refractivity contribution in [3.05, 3.63) is 70.3 Å². The Morgan fingerprint density at radius 2 is 1.62 bits per heavy atom. The van der Waals surface area contributed by atoms with Crippen molar-refractivity contribution in [2.45, 2.75) is 11.4 Å². The van der Waals surface area contributed by atoms with E-state index in [4.69, 9.17) is 0 Å². The molecule has 0 bridgehead atoms. The fourth-order valence-corrected chi connectivity index (χ4v) is 4.53. The normalized spacial score (nSPS) is 14.6. The number of benzene rings is 2. The summed E-state index contributed by atoms with van der Waals surface area (Å²) in [5.41, 5.74) is 2.01. The average molecular weight is 429 g/mol. The molecule has 21 heavy (non-hydrogen) atoms. The number of sulfonamides is 1. The van der Waals surface area contributed by atoms with Gasteiger partial charge >= 0.3 is 0 Å². The van der Waals surface area contributed by atoms with Crippen LogP contribution >= 0.6 is 31.9 Å². The van der Waals surface area contributed by atoms with Crippen LogP contribution in [0, 0.1) is 0 Å². The largest absolute Gasteiger partial charge is 0.268 e. The smallest absolute Gasteiger partial charge is 0.264 e. The zero-order valence-corrected chi connectivity index (χ0v) is 14.8. The van der Waals surface area contributed by atoms with Crippen LogP contribution in [0.15, 0.2) is 64.1 Å². The lowest BCUT2D eigenvalue weighted by molar-refractivity contribution is 0.493. The fraction of sp³-hybridized carbons (Fsp3) is 0.0667. The van der Waals surface area contributed by atoms with Crippen LogP contribution in [0.3, 0.4) is 0 Å².